The van der Waals surface area contributed by atoms with Crippen molar-refractivity contribution in [3.63, 3.8) is 0 Å². The molecule has 2 saturated heterocycles. The van der Waals surface area contributed by atoms with Gasteiger partial charge in [0.1, 0.15) is 12.2 Å². The summed E-state index contributed by atoms with van der Waals surface area (Å²) in [6.45, 7) is 4.31. The third-order valence-electron chi connectivity index (χ3n) is 6.87. The Labute approximate surface area is 211 Å². The van der Waals surface area contributed by atoms with Gasteiger partial charge >= 0.3 is 5.97 Å². The number of nitrogens with one attached hydrogen (secondary N) is 1. The van der Waals surface area contributed by atoms with Gasteiger partial charge in [0, 0.05) is 56.7 Å². The molecule has 0 aliphatic carbocycles. The van der Waals surface area contributed by atoms with Crippen molar-refractivity contribution in [3.8, 4) is 5.75 Å². The molecule has 4 rings (SSSR count). The first kappa shape index (κ1) is 25.3. The van der Waals surface area contributed by atoms with Gasteiger partial charge in [0.05, 0.1) is 19.8 Å². The van der Waals surface area contributed by atoms with Gasteiger partial charge in [0.15, 0.2) is 0 Å². The lowest BCUT2D eigenvalue weighted by Crippen LogP contribution is -2.49. The van der Waals surface area contributed by atoms with Crippen LogP contribution in [0, 0.1) is 0 Å². The number of para-hydroxylation sites is 1. The number of anilines is 2. The third-order valence-corrected chi connectivity index (χ3v) is 6.87. The summed E-state index contributed by atoms with van der Waals surface area (Å²) in [6.07, 6.45) is 1.23. The molecule has 0 spiro atoms. The van der Waals surface area contributed by atoms with E-state index in [0.717, 1.165) is 56.1 Å². The maximum absolute atomic E-state index is 13.5. The first-order valence-corrected chi connectivity index (χ1v) is 12.4. The molecule has 9 nitrogen and oxygen atoms in total. The SMILES string of the molecule is COC(=O)CC(=O)NC1CCN(c2ccccc2C(=O)N2CCN(c3ccc(OC)cc3)CC2)CC1. The Balaban J connectivity index is 1.33. The summed E-state index contributed by atoms with van der Waals surface area (Å²) in [6, 6.07) is 15.8. The smallest absolute Gasteiger partial charge is 0.315 e. The van der Waals surface area contributed by atoms with Crippen LogP contribution in [0.1, 0.15) is 29.6 Å². The Morgan fingerprint density at radius 2 is 1.53 bits per heavy atom. The number of ether oxygens (including phenoxy) is 2. The van der Waals surface area contributed by atoms with Crippen LogP contribution in [0.25, 0.3) is 0 Å². The second-order valence-corrected chi connectivity index (χ2v) is 9.08. The van der Waals surface area contributed by atoms with E-state index in [4.69, 9.17) is 4.74 Å². The van der Waals surface area contributed by atoms with Gasteiger partial charge in [-0.1, -0.05) is 12.1 Å². The zero-order valence-corrected chi connectivity index (χ0v) is 20.9. The van der Waals surface area contributed by atoms with E-state index < -0.39 is 5.97 Å². The quantitative estimate of drug-likeness (QED) is 0.467. The standard InChI is InChI=1S/C27H34N4O5/c1-35-22-9-7-21(8-10-22)29-15-17-31(18-16-29)27(34)23-5-3-4-6-24(23)30-13-11-20(12-14-30)28-25(32)19-26(33)36-2/h3-10,20H,11-19H2,1-2H3,(H,28,32). The minimum atomic E-state index is -0.540. The third kappa shape index (κ3) is 6.08. The van der Waals surface area contributed by atoms with E-state index >= 15 is 0 Å². The minimum absolute atomic E-state index is 0.00676. The van der Waals surface area contributed by atoms with E-state index in [0.29, 0.717) is 18.7 Å². The van der Waals surface area contributed by atoms with E-state index in [2.05, 4.69) is 19.9 Å². The molecule has 0 unspecified atom stereocenters. The van der Waals surface area contributed by atoms with E-state index in [1.165, 1.54) is 7.11 Å². The molecule has 0 radical (unpaired) electrons. The molecule has 2 aliphatic heterocycles. The maximum Gasteiger partial charge on any atom is 0.315 e. The summed E-state index contributed by atoms with van der Waals surface area (Å²) in [4.78, 5) is 43.2. The molecule has 2 aliphatic rings. The second kappa shape index (κ2) is 11.8. The van der Waals surface area contributed by atoms with Crippen molar-refractivity contribution >= 4 is 29.2 Å². The number of nitrogens with zero attached hydrogens (tertiary/aromatic N) is 3. The molecule has 192 valence electrons. The van der Waals surface area contributed by atoms with Gasteiger partial charge in [-0.3, -0.25) is 14.4 Å². The van der Waals surface area contributed by atoms with Gasteiger partial charge in [0.25, 0.3) is 5.91 Å². The fourth-order valence-electron chi connectivity index (χ4n) is 4.81. The number of piperazine rings is 1. The highest BCUT2D eigenvalue weighted by molar-refractivity contribution is 6.00. The first-order valence-electron chi connectivity index (χ1n) is 12.4. The molecule has 1 N–H and O–H groups in total. The van der Waals surface area contributed by atoms with Crippen molar-refractivity contribution < 1.29 is 23.9 Å². The second-order valence-electron chi connectivity index (χ2n) is 9.08. The number of methoxy groups -OCH3 is 2. The number of carbonyl (C=O) groups is 3. The molecule has 0 atom stereocenters. The van der Waals surface area contributed by atoms with Crippen LogP contribution in [0.3, 0.4) is 0 Å². The molecule has 0 bridgehead atoms. The summed E-state index contributed by atoms with van der Waals surface area (Å²) in [7, 11) is 2.93. The molecule has 36 heavy (non-hydrogen) atoms. The Morgan fingerprint density at radius 3 is 2.17 bits per heavy atom. The Kier molecular flexibility index (Phi) is 8.30. The fraction of sp³-hybridized carbons (Fsp3) is 0.444. The van der Waals surface area contributed by atoms with Gasteiger partial charge in [-0.2, -0.15) is 0 Å². The molecule has 9 heteroatoms. The van der Waals surface area contributed by atoms with E-state index in [1.54, 1.807) is 7.11 Å². The zero-order chi connectivity index (χ0) is 25.5. The van der Waals surface area contributed by atoms with Crippen molar-refractivity contribution in [2.75, 3.05) is 63.3 Å². The molecule has 2 aromatic rings. The molecule has 2 aromatic carbocycles. The Morgan fingerprint density at radius 1 is 0.861 bits per heavy atom. The number of benzene rings is 2. The van der Waals surface area contributed by atoms with Crippen LogP contribution in [0.15, 0.2) is 48.5 Å². The maximum atomic E-state index is 13.5. The largest absolute Gasteiger partial charge is 0.497 e. The van der Waals surface area contributed by atoms with E-state index in [9.17, 15) is 14.4 Å². The summed E-state index contributed by atoms with van der Waals surface area (Å²) in [5.74, 6) is 0.0251. The summed E-state index contributed by atoms with van der Waals surface area (Å²) in [5.41, 5.74) is 2.77. The number of rotatable bonds is 7. The van der Waals surface area contributed by atoms with Crippen LogP contribution in [-0.2, 0) is 14.3 Å². The molecule has 0 saturated carbocycles. The van der Waals surface area contributed by atoms with Crippen molar-refractivity contribution in [3.05, 3.63) is 54.1 Å². The predicted octanol–water partition coefficient (Wildman–Crippen LogP) is 2.31. The topological polar surface area (TPSA) is 91.4 Å². The lowest BCUT2D eigenvalue weighted by Gasteiger charge is -2.38. The highest BCUT2D eigenvalue weighted by atomic mass is 16.5. The lowest BCUT2D eigenvalue weighted by atomic mass is 10.0. The number of hydrogen-bond acceptors (Lipinski definition) is 7. The van der Waals surface area contributed by atoms with Gasteiger partial charge in [-0.25, -0.2) is 0 Å². The summed E-state index contributed by atoms with van der Waals surface area (Å²) >= 11 is 0. The Hall–Kier alpha value is -3.75. The van der Waals surface area contributed by atoms with Crippen molar-refractivity contribution in [1.29, 1.82) is 0 Å². The molecule has 2 heterocycles. The van der Waals surface area contributed by atoms with E-state index in [1.807, 2.05) is 53.4 Å². The molecule has 0 aromatic heterocycles. The molecular formula is C27H34N4O5. The number of hydrogen-bond donors (Lipinski definition) is 1. The fourth-order valence-corrected chi connectivity index (χ4v) is 4.81. The monoisotopic (exact) mass is 494 g/mol. The Bertz CT molecular complexity index is 1060. The van der Waals surface area contributed by atoms with Crippen LogP contribution in [-0.4, -0.2) is 82.2 Å². The van der Waals surface area contributed by atoms with Crippen molar-refractivity contribution in [2.45, 2.75) is 25.3 Å². The number of carbonyl (C=O) groups excluding carboxylic acids is 3. The van der Waals surface area contributed by atoms with Crippen LogP contribution >= 0.6 is 0 Å². The van der Waals surface area contributed by atoms with Crippen molar-refractivity contribution in [1.82, 2.24) is 10.2 Å². The summed E-state index contributed by atoms with van der Waals surface area (Å²) < 4.78 is 9.80. The van der Waals surface area contributed by atoms with Crippen LogP contribution in [0.5, 0.6) is 5.75 Å². The average Bonchev–Trinajstić information content (AvgIpc) is 2.93. The highest BCUT2D eigenvalue weighted by Gasteiger charge is 2.28. The van der Waals surface area contributed by atoms with E-state index in [-0.39, 0.29) is 24.3 Å². The average molecular weight is 495 g/mol. The first-order chi connectivity index (χ1) is 17.5. The minimum Gasteiger partial charge on any atom is -0.497 e. The van der Waals surface area contributed by atoms with Crippen LogP contribution in [0.2, 0.25) is 0 Å². The zero-order valence-electron chi connectivity index (χ0n) is 20.9. The highest BCUT2D eigenvalue weighted by Crippen LogP contribution is 2.27. The van der Waals surface area contributed by atoms with Crippen LogP contribution < -0.4 is 19.9 Å². The van der Waals surface area contributed by atoms with Crippen molar-refractivity contribution in [2.24, 2.45) is 0 Å². The van der Waals surface area contributed by atoms with Gasteiger partial charge in [-0.15, -0.1) is 0 Å². The normalized spacial score (nSPS) is 16.4. The molecule has 2 amide bonds. The molecule has 2 fully saturated rings. The summed E-state index contributed by atoms with van der Waals surface area (Å²) in [5, 5.41) is 2.92. The van der Waals surface area contributed by atoms with Crippen LogP contribution in [0.4, 0.5) is 11.4 Å². The number of piperidine rings is 1. The van der Waals surface area contributed by atoms with Gasteiger partial charge < -0.3 is 29.5 Å². The molecular weight excluding hydrogens is 460 g/mol. The number of esters is 1. The number of amides is 2. The van der Waals surface area contributed by atoms with Gasteiger partial charge in [-0.05, 0) is 49.2 Å². The van der Waals surface area contributed by atoms with Gasteiger partial charge in [0.2, 0.25) is 5.91 Å². The lowest BCUT2D eigenvalue weighted by molar-refractivity contribution is -0.144. The predicted molar refractivity (Wildman–Crippen MR) is 138 cm³/mol.